The first-order valence-corrected chi connectivity index (χ1v) is 4.27. The minimum absolute atomic E-state index is 0.753. The zero-order chi connectivity index (χ0) is 10.2. The van der Waals surface area contributed by atoms with E-state index in [1.165, 1.54) is 0 Å². The maximum absolute atomic E-state index is 4.19. The van der Waals surface area contributed by atoms with Crippen LogP contribution in [0, 0.1) is 0 Å². The van der Waals surface area contributed by atoms with E-state index in [1.807, 2.05) is 18.2 Å². The first-order valence-electron chi connectivity index (χ1n) is 4.27. The van der Waals surface area contributed by atoms with Crippen LogP contribution in [0.3, 0.4) is 0 Å². The largest absolute Gasteiger partial charge is 0.255 e. The van der Waals surface area contributed by atoms with Crippen LogP contribution in [0.4, 0.5) is 0 Å². The third kappa shape index (κ3) is 2.83. The van der Waals surface area contributed by atoms with E-state index in [1.54, 1.807) is 30.6 Å². The van der Waals surface area contributed by atoms with Gasteiger partial charge in [-0.15, -0.1) is 0 Å². The van der Waals surface area contributed by atoms with Crippen LogP contribution in [0.15, 0.2) is 67.0 Å². The van der Waals surface area contributed by atoms with Crippen LogP contribution in [-0.4, -0.2) is 10.7 Å². The van der Waals surface area contributed by atoms with E-state index in [0.717, 1.165) is 11.4 Å². The van der Waals surface area contributed by atoms with Gasteiger partial charge in [-0.25, -0.2) is 0 Å². The Morgan fingerprint density at radius 1 is 1.36 bits per heavy atom. The van der Waals surface area contributed by atoms with E-state index in [9.17, 15) is 0 Å². The molecule has 1 heterocycles. The Morgan fingerprint density at radius 2 is 2.21 bits per heavy atom. The van der Waals surface area contributed by atoms with Gasteiger partial charge in [-0.1, -0.05) is 25.3 Å². The average Bonchev–Trinajstić information content (AvgIpc) is 2.26. The maximum Gasteiger partial charge on any atom is 0.0885 e. The number of hydrogen-bond donors (Lipinski definition) is 0. The Labute approximate surface area is 84.0 Å². The second-order valence-corrected chi connectivity index (χ2v) is 2.51. The fourth-order valence-electron chi connectivity index (χ4n) is 0.922. The minimum Gasteiger partial charge on any atom is -0.255 e. The molecule has 2 nitrogen and oxygen atoms in total. The number of hydrogen-bond acceptors (Lipinski definition) is 2. The molecule has 1 aromatic rings. The molecule has 0 aliphatic heterocycles. The highest BCUT2D eigenvalue weighted by Gasteiger charge is 1.96. The predicted molar refractivity (Wildman–Crippen MR) is 60.3 cm³/mol. The molecule has 0 N–H and O–H groups in total. The molecule has 0 spiro atoms. The van der Waals surface area contributed by atoms with Crippen LogP contribution < -0.4 is 0 Å². The predicted octanol–water partition coefficient (Wildman–Crippen LogP) is 2.76. The maximum atomic E-state index is 4.19. The van der Waals surface area contributed by atoms with Gasteiger partial charge in [0.1, 0.15) is 0 Å². The summed E-state index contributed by atoms with van der Waals surface area (Å²) in [5.74, 6) is 0. The lowest BCUT2D eigenvalue weighted by molar-refractivity contribution is 1.29. The fourth-order valence-corrected chi connectivity index (χ4v) is 0.922. The van der Waals surface area contributed by atoms with Crippen molar-refractivity contribution in [2.45, 2.75) is 0 Å². The molecule has 0 radical (unpaired) electrons. The molecule has 0 bridgehead atoms. The van der Waals surface area contributed by atoms with Gasteiger partial charge in [-0.3, -0.25) is 9.98 Å². The van der Waals surface area contributed by atoms with E-state index < -0.39 is 0 Å². The van der Waals surface area contributed by atoms with Crippen LogP contribution in [-0.2, 0) is 0 Å². The third-order valence-electron chi connectivity index (χ3n) is 1.56. The molecule has 0 amide bonds. The Balaban J connectivity index is 2.93. The van der Waals surface area contributed by atoms with E-state index in [4.69, 9.17) is 0 Å². The van der Waals surface area contributed by atoms with E-state index in [0.29, 0.717) is 0 Å². The van der Waals surface area contributed by atoms with Crippen LogP contribution in [0.5, 0.6) is 0 Å². The molecular formula is C12H12N2. The molecule has 0 saturated carbocycles. The number of aromatic nitrogens is 1. The first-order chi connectivity index (χ1) is 6.88. The lowest BCUT2D eigenvalue weighted by Gasteiger charge is -1.96. The Morgan fingerprint density at radius 3 is 2.79 bits per heavy atom. The molecule has 0 unspecified atom stereocenters. The van der Waals surface area contributed by atoms with Gasteiger partial charge < -0.3 is 0 Å². The fraction of sp³-hybridized carbons (Fsp3) is 0. The molecular weight excluding hydrogens is 172 g/mol. The second kappa shape index (κ2) is 5.65. The van der Waals surface area contributed by atoms with Crippen molar-refractivity contribution in [2.75, 3.05) is 0 Å². The molecule has 0 aromatic carbocycles. The van der Waals surface area contributed by atoms with Gasteiger partial charge in [0, 0.05) is 12.4 Å². The van der Waals surface area contributed by atoms with Crippen molar-refractivity contribution in [3.8, 4) is 0 Å². The molecule has 2 heteroatoms. The highest BCUT2D eigenvalue weighted by molar-refractivity contribution is 6.07. The summed E-state index contributed by atoms with van der Waals surface area (Å²) in [6.45, 7) is 7.24. The van der Waals surface area contributed by atoms with Crippen LogP contribution >= 0.6 is 0 Å². The van der Waals surface area contributed by atoms with Crippen LogP contribution in [0.25, 0.3) is 0 Å². The normalized spacial score (nSPS) is 11.6. The molecule has 0 saturated heterocycles. The average molecular weight is 184 g/mol. The van der Waals surface area contributed by atoms with Gasteiger partial charge in [-0.05, 0) is 24.3 Å². The zero-order valence-corrected chi connectivity index (χ0v) is 7.93. The molecule has 70 valence electrons. The summed E-state index contributed by atoms with van der Waals surface area (Å²) in [6.07, 6.45) is 8.50. The number of nitrogens with zero attached hydrogens (tertiary/aromatic N) is 2. The van der Waals surface area contributed by atoms with Crippen molar-refractivity contribution in [3.05, 3.63) is 67.7 Å². The van der Waals surface area contributed by atoms with Crippen molar-refractivity contribution in [1.82, 2.24) is 4.98 Å². The quantitative estimate of drug-likeness (QED) is 0.521. The third-order valence-corrected chi connectivity index (χ3v) is 1.56. The van der Waals surface area contributed by atoms with Crippen molar-refractivity contribution in [3.63, 3.8) is 0 Å². The lowest BCUT2D eigenvalue weighted by Crippen LogP contribution is -1.97. The van der Waals surface area contributed by atoms with Gasteiger partial charge in [0.05, 0.1) is 11.4 Å². The summed E-state index contributed by atoms with van der Waals surface area (Å²) in [4.78, 5) is 8.35. The standard InChI is InChI=1S/C12H12N2/c1-3-5-9-13-11(4-2)12-8-6-7-10-14-12/h3-10H,1-2H2/b9-5-,13-11?. The van der Waals surface area contributed by atoms with Crippen molar-refractivity contribution >= 4 is 5.71 Å². The molecule has 0 aliphatic carbocycles. The summed E-state index contributed by atoms with van der Waals surface area (Å²) >= 11 is 0. The Bertz CT molecular complexity index is 361. The van der Waals surface area contributed by atoms with Crippen LogP contribution in [0.2, 0.25) is 0 Å². The zero-order valence-electron chi connectivity index (χ0n) is 7.93. The second-order valence-electron chi connectivity index (χ2n) is 2.51. The Kier molecular flexibility index (Phi) is 4.08. The van der Waals surface area contributed by atoms with Crippen molar-refractivity contribution in [2.24, 2.45) is 4.99 Å². The first kappa shape index (κ1) is 10.1. The summed E-state index contributed by atoms with van der Waals surface area (Å²) in [5.41, 5.74) is 1.57. The molecule has 14 heavy (non-hydrogen) atoms. The number of pyridine rings is 1. The number of rotatable bonds is 4. The minimum atomic E-state index is 0.753. The van der Waals surface area contributed by atoms with E-state index in [-0.39, 0.29) is 0 Å². The smallest absolute Gasteiger partial charge is 0.0885 e. The van der Waals surface area contributed by atoms with Gasteiger partial charge in [0.25, 0.3) is 0 Å². The summed E-state index contributed by atoms with van der Waals surface area (Å²) in [7, 11) is 0. The highest BCUT2D eigenvalue weighted by atomic mass is 14.8. The Hall–Kier alpha value is -1.96. The van der Waals surface area contributed by atoms with Gasteiger partial charge in [0.2, 0.25) is 0 Å². The molecule has 0 aliphatic rings. The topological polar surface area (TPSA) is 25.2 Å². The summed E-state index contributed by atoms with van der Waals surface area (Å²) in [6, 6.07) is 5.67. The SMILES string of the molecule is C=C/C=C\N=C(C=C)c1ccccn1. The highest BCUT2D eigenvalue weighted by Crippen LogP contribution is 1.98. The molecule has 1 aromatic heterocycles. The van der Waals surface area contributed by atoms with Crippen molar-refractivity contribution in [1.29, 1.82) is 0 Å². The number of allylic oxidation sites excluding steroid dienone is 3. The van der Waals surface area contributed by atoms with Crippen LogP contribution in [0.1, 0.15) is 5.69 Å². The van der Waals surface area contributed by atoms with E-state index in [2.05, 4.69) is 23.1 Å². The van der Waals surface area contributed by atoms with Crippen molar-refractivity contribution < 1.29 is 0 Å². The molecule has 0 fully saturated rings. The molecule has 1 rings (SSSR count). The summed E-state index contributed by atoms with van der Waals surface area (Å²) in [5, 5.41) is 0. The monoisotopic (exact) mass is 184 g/mol. The molecule has 0 atom stereocenters. The summed E-state index contributed by atoms with van der Waals surface area (Å²) < 4.78 is 0. The van der Waals surface area contributed by atoms with E-state index >= 15 is 0 Å². The van der Waals surface area contributed by atoms with Gasteiger partial charge in [-0.2, -0.15) is 0 Å². The lowest BCUT2D eigenvalue weighted by atomic mass is 10.2. The number of aliphatic imine (C=N–C) groups is 1. The van der Waals surface area contributed by atoms with Gasteiger partial charge >= 0.3 is 0 Å². The van der Waals surface area contributed by atoms with Gasteiger partial charge in [0.15, 0.2) is 0 Å².